The number of pyridine rings is 1. The summed E-state index contributed by atoms with van der Waals surface area (Å²) >= 11 is 0. The van der Waals surface area contributed by atoms with Crippen molar-refractivity contribution in [1.82, 2.24) is 4.40 Å². The average molecular weight is 295 g/mol. The fraction of sp³-hybridized carbons (Fsp3) is 0.167. The normalized spacial score (nSPS) is 10.7. The van der Waals surface area contributed by atoms with Crippen LogP contribution in [-0.4, -0.2) is 17.5 Å². The third-order valence-corrected chi connectivity index (χ3v) is 3.63. The topological polar surface area (TPSA) is 39.9 Å². The molecule has 0 spiro atoms. The molecule has 4 heteroatoms. The van der Waals surface area contributed by atoms with Gasteiger partial charge in [-0.05, 0) is 49.2 Å². The SMILES string of the molecule is COC(=O)c1c(C)cc2ccc(Oc3ccccc3C)cn12. The Bertz CT molecular complexity index is 849. The molecule has 0 aliphatic carbocycles. The third kappa shape index (κ3) is 2.44. The van der Waals surface area contributed by atoms with Crippen LogP contribution in [0.3, 0.4) is 0 Å². The first-order valence-corrected chi connectivity index (χ1v) is 7.03. The number of fused-ring (bicyclic) bond motifs is 1. The molecule has 0 fully saturated rings. The highest BCUT2D eigenvalue weighted by atomic mass is 16.5. The Morgan fingerprint density at radius 3 is 2.55 bits per heavy atom. The third-order valence-electron chi connectivity index (χ3n) is 3.63. The highest BCUT2D eigenvalue weighted by molar-refractivity contribution is 5.91. The molecule has 0 atom stereocenters. The van der Waals surface area contributed by atoms with Gasteiger partial charge in [0, 0.05) is 5.52 Å². The van der Waals surface area contributed by atoms with E-state index in [-0.39, 0.29) is 5.97 Å². The molecular weight excluding hydrogens is 278 g/mol. The van der Waals surface area contributed by atoms with Crippen LogP contribution >= 0.6 is 0 Å². The minimum Gasteiger partial charge on any atom is -0.464 e. The quantitative estimate of drug-likeness (QED) is 0.682. The summed E-state index contributed by atoms with van der Waals surface area (Å²) < 4.78 is 12.6. The second kappa shape index (κ2) is 5.56. The van der Waals surface area contributed by atoms with E-state index in [0.717, 1.165) is 22.4 Å². The van der Waals surface area contributed by atoms with Crippen molar-refractivity contribution in [2.24, 2.45) is 0 Å². The lowest BCUT2D eigenvalue weighted by atomic mass is 10.2. The number of para-hydroxylation sites is 1. The van der Waals surface area contributed by atoms with Gasteiger partial charge in [-0.3, -0.25) is 0 Å². The van der Waals surface area contributed by atoms with Gasteiger partial charge in [-0.1, -0.05) is 18.2 Å². The molecule has 0 saturated heterocycles. The number of esters is 1. The van der Waals surface area contributed by atoms with Crippen molar-refractivity contribution in [2.75, 3.05) is 7.11 Å². The highest BCUT2D eigenvalue weighted by Crippen LogP contribution is 2.27. The zero-order valence-corrected chi connectivity index (χ0v) is 12.8. The van der Waals surface area contributed by atoms with Crippen LogP contribution in [0.15, 0.2) is 48.7 Å². The molecule has 0 aliphatic heterocycles. The number of aromatic nitrogens is 1. The zero-order chi connectivity index (χ0) is 15.7. The minimum atomic E-state index is -0.356. The second-order valence-corrected chi connectivity index (χ2v) is 5.19. The van der Waals surface area contributed by atoms with Crippen LogP contribution in [-0.2, 0) is 4.74 Å². The summed E-state index contributed by atoms with van der Waals surface area (Å²) in [5, 5.41) is 0. The second-order valence-electron chi connectivity index (χ2n) is 5.19. The largest absolute Gasteiger partial charge is 0.464 e. The number of rotatable bonds is 3. The minimum absolute atomic E-state index is 0.356. The molecule has 1 aromatic carbocycles. The average Bonchev–Trinajstić information content (AvgIpc) is 2.84. The summed E-state index contributed by atoms with van der Waals surface area (Å²) in [6.45, 7) is 3.88. The summed E-state index contributed by atoms with van der Waals surface area (Å²) in [5.74, 6) is 1.11. The van der Waals surface area contributed by atoms with Crippen molar-refractivity contribution in [3.05, 3.63) is 65.5 Å². The van der Waals surface area contributed by atoms with Crippen molar-refractivity contribution in [2.45, 2.75) is 13.8 Å². The van der Waals surface area contributed by atoms with E-state index in [0.29, 0.717) is 11.4 Å². The molecule has 0 saturated carbocycles. The summed E-state index contributed by atoms with van der Waals surface area (Å²) in [6.07, 6.45) is 1.81. The van der Waals surface area contributed by atoms with Gasteiger partial charge in [0.25, 0.3) is 0 Å². The molecule has 0 amide bonds. The number of hydrogen-bond acceptors (Lipinski definition) is 3. The maximum absolute atomic E-state index is 11.9. The molecule has 3 aromatic rings. The van der Waals surface area contributed by atoms with Crippen LogP contribution in [0.25, 0.3) is 5.52 Å². The molecule has 3 rings (SSSR count). The predicted molar refractivity (Wildman–Crippen MR) is 84.7 cm³/mol. The molecular formula is C18H17NO3. The number of nitrogens with zero attached hydrogens (tertiary/aromatic N) is 1. The number of ether oxygens (including phenoxy) is 2. The van der Waals surface area contributed by atoms with Crippen LogP contribution in [0.5, 0.6) is 11.5 Å². The molecule has 4 nitrogen and oxygen atoms in total. The molecule has 112 valence electrons. The van der Waals surface area contributed by atoms with Crippen LogP contribution in [0.2, 0.25) is 0 Å². The molecule has 2 aromatic heterocycles. The Morgan fingerprint density at radius 2 is 1.82 bits per heavy atom. The molecule has 0 unspecified atom stereocenters. The molecule has 22 heavy (non-hydrogen) atoms. The lowest BCUT2D eigenvalue weighted by molar-refractivity contribution is 0.0592. The van der Waals surface area contributed by atoms with E-state index >= 15 is 0 Å². The fourth-order valence-electron chi connectivity index (χ4n) is 2.50. The number of methoxy groups -OCH3 is 1. The molecule has 0 bridgehead atoms. The van der Waals surface area contributed by atoms with Gasteiger partial charge in [-0.15, -0.1) is 0 Å². The first kappa shape index (κ1) is 14.2. The van der Waals surface area contributed by atoms with Crippen molar-refractivity contribution in [1.29, 1.82) is 0 Å². The fourth-order valence-corrected chi connectivity index (χ4v) is 2.50. The Hall–Kier alpha value is -2.75. The Kier molecular flexibility index (Phi) is 3.59. The van der Waals surface area contributed by atoms with Gasteiger partial charge in [-0.2, -0.15) is 0 Å². The van der Waals surface area contributed by atoms with E-state index in [2.05, 4.69) is 0 Å². The highest BCUT2D eigenvalue weighted by Gasteiger charge is 2.16. The molecule has 0 aliphatic rings. The lowest BCUT2D eigenvalue weighted by Gasteiger charge is -2.10. The van der Waals surface area contributed by atoms with Crippen LogP contribution in [0.4, 0.5) is 0 Å². The van der Waals surface area contributed by atoms with Gasteiger partial charge < -0.3 is 13.9 Å². The van der Waals surface area contributed by atoms with E-state index in [4.69, 9.17) is 9.47 Å². The van der Waals surface area contributed by atoms with E-state index in [1.54, 1.807) is 10.6 Å². The standard InChI is InChI=1S/C18H17NO3/c1-12-6-4-5-7-16(12)22-15-9-8-14-10-13(2)17(18(20)21-3)19(14)11-15/h4-11H,1-3H3. The van der Waals surface area contributed by atoms with E-state index in [1.165, 1.54) is 7.11 Å². The van der Waals surface area contributed by atoms with Gasteiger partial charge in [0.2, 0.25) is 0 Å². The van der Waals surface area contributed by atoms with E-state index < -0.39 is 0 Å². The number of carbonyl (C=O) groups is 1. The number of hydrogen-bond donors (Lipinski definition) is 0. The van der Waals surface area contributed by atoms with Gasteiger partial charge in [0.05, 0.1) is 13.3 Å². The van der Waals surface area contributed by atoms with E-state index in [1.807, 2.05) is 56.3 Å². The maximum Gasteiger partial charge on any atom is 0.355 e. The van der Waals surface area contributed by atoms with Crippen molar-refractivity contribution >= 4 is 11.5 Å². The first-order valence-electron chi connectivity index (χ1n) is 7.03. The smallest absolute Gasteiger partial charge is 0.355 e. The lowest BCUT2D eigenvalue weighted by Crippen LogP contribution is -2.07. The van der Waals surface area contributed by atoms with Gasteiger partial charge in [-0.25, -0.2) is 4.79 Å². The Morgan fingerprint density at radius 1 is 1.05 bits per heavy atom. The molecule has 0 radical (unpaired) electrons. The first-order chi connectivity index (χ1) is 10.6. The van der Waals surface area contributed by atoms with Crippen LogP contribution < -0.4 is 4.74 Å². The molecule has 2 heterocycles. The number of benzene rings is 1. The monoisotopic (exact) mass is 295 g/mol. The van der Waals surface area contributed by atoms with Gasteiger partial charge in [0.15, 0.2) is 0 Å². The predicted octanol–water partition coefficient (Wildman–Crippen LogP) is 4.14. The van der Waals surface area contributed by atoms with Crippen LogP contribution in [0.1, 0.15) is 21.6 Å². The summed E-state index contributed by atoms with van der Waals surface area (Å²) in [7, 11) is 1.38. The van der Waals surface area contributed by atoms with E-state index in [9.17, 15) is 4.79 Å². The summed E-state index contributed by atoms with van der Waals surface area (Å²) in [4.78, 5) is 11.9. The van der Waals surface area contributed by atoms with Crippen molar-refractivity contribution in [3.8, 4) is 11.5 Å². The number of aryl methyl sites for hydroxylation is 2. The molecule has 0 N–H and O–H groups in total. The van der Waals surface area contributed by atoms with Crippen molar-refractivity contribution in [3.63, 3.8) is 0 Å². The number of carbonyl (C=O) groups excluding carboxylic acids is 1. The summed E-state index contributed by atoms with van der Waals surface area (Å²) in [6, 6.07) is 13.6. The maximum atomic E-state index is 11.9. The van der Waals surface area contributed by atoms with Crippen LogP contribution in [0, 0.1) is 13.8 Å². The van der Waals surface area contributed by atoms with Crippen molar-refractivity contribution < 1.29 is 14.3 Å². The zero-order valence-electron chi connectivity index (χ0n) is 12.8. The van der Waals surface area contributed by atoms with Gasteiger partial charge >= 0.3 is 5.97 Å². The van der Waals surface area contributed by atoms with Gasteiger partial charge in [0.1, 0.15) is 17.2 Å². The Balaban J connectivity index is 2.06. The summed E-state index contributed by atoms with van der Waals surface area (Å²) in [5.41, 5.74) is 3.38. The Labute approximate surface area is 128 Å².